The van der Waals surface area contributed by atoms with Crippen molar-refractivity contribution in [2.24, 2.45) is 5.73 Å². The summed E-state index contributed by atoms with van der Waals surface area (Å²) in [5, 5.41) is 11.1. The molecule has 0 aliphatic heterocycles. The van der Waals surface area contributed by atoms with Crippen LogP contribution in [0.4, 0.5) is 0 Å². The second kappa shape index (κ2) is 4.61. The lowest BCUT2D eigenvalue weighted by Crippen LogP contribution is -2.50. The van der Waals surface area contributed by atoms with E-state index in [0.29, 0.717) is 6.42 Å². The number of aliphatic carboxylic acids is 1. The Morgan fingerprint density at radius 2 is 2.13 bits per heavy atom. The van der Waals surface area contributed by atoms with Gasteiger partial charge in [0.2, 0.25) is 5.91 Å². The Bertz CT molecular complexity index is 261. The molecule has 1 unspecified atom stereocenters. The van der Waals surface area contributed by atoms with Gasteiger partial charge in [-0.1, -0.05) is 0 Å². The standard InChI is InChI=1S/C10H18N2O3/c1-7(5-9(14)15)12-8(13)6-10(11)3-2-4-10/h7H,2-6,11H2,1H3,(H,12,13)(H,14,15). The minimum absolute atomic E-state index is 0.0523. The van der Waals surface area contributed by atoms with Gasteiger partial charge in [0.25, 0.3) is 0 Å². The third kappa shape index (κ3) is 3.87. The van der Waals surface area contributed by atoms with Crippen molar-refractivity contribution >= 4 is 11.9 Å². The third-order valence-electron chi connectivity index (χ3n) is 2.75. The Hall–Kier alpha value is -1.10. The molecule has 5 heteroatoms. The highest BCUT2D eigenvalue weighted by molar-refractivity contribution is 5.78. The van der Waals surface area contributed by atoms with Crippen LogP contribution in [0.15, 0.2) is 0 Å². The zero-order valence-corrected chi connectivity index (χ0v) is 8.95. The van der Waals surface area contributed by atoms with Crippen molar-refractivity contribution in [2.75, 3.05) is 0 Å². The minimum atomic E-state index is -0.908. The van der Waals surface area contributed by atoms with E-state index in [1.807, 2.05) is 0 Å². The van der Waals surface area contributed by atoms with Gasteiger partial charge < -0.3 is 16.2 Å². The van der Waals surface area contributed by atoms with E-state index in [1.54, 1.807) is 6.92 Å². The largest absolute Gasteiger partial charge is 0.481 e. The van der Waals surface area contributed by atoms with Crippen LogP contribution in [0.3, 0.4) is 0 Å². The second-order valence-electron chi connectivity index (χ2n) is 4.46. The van der Waals surface area contributed by atoms with Crippen molar-refractivity contribution < 1.29 is 14.7 Å². The molecule has 1 fully saturated rings. The molecule has 1 aliphatic rings. The summed E-state index contributed by atoms with van der Waals surface area (Å²) in [5.74, 6) is -1.06. The number of carboxylic acid groups (broad SMARTS) is 1. The van der Waals surface area contributed by atoms with E-state index in [9.17, 15) is 9.59 Å². The molecule has 0 saturated heterocycles. The molecule has 0 radical (unpaired) electrons. The monoisotopic (exact) mass is 214 g/mol. The van der Waals surface area contributed by atoms with Crippen LogP contribution in [0, 0.1) is 0 Å². The molecule has 1 amide bonds. The van der Waals surface area contributed by atoms with Crippen LogP contribution in [0.2, 0.25) is 0 Å². The molecular weight excluding hydrogens is 196 g/mol. The topological polar surface area (TPSA) is 92.4 Å². The highest BCUT2D eigenvalue weighted by Crippen LogP contribution is 2.31. The van der Waals surface area contributed by atoms with Crippen LogP contribution in [0.5, 0.6) is 0 Å². The number of hydrogen-bond acceptors (Lipinski definition) is 3. The van der Waals surface area contributed by atoms with Gasteiger partial charge in [-0.05, 0) is 26.2 Å². The fourth-order valence-corrected chi connectivity index (χ4v) is 1.77. The Balaban J connectivity index is 2.26. The van der Waals surface area contributed by atoms with Crippen LogP contribution in [-0.2, 0) is 9.59 Å². The summed E-state index contributed by atoms with van der Waals surface area (Å²) < 4.78 is 0. The summed E-state index contributed by atoms with van der Waals surface area (Å²) in [6, 6.07) is -0.335. The van der Waals surface area contributed by atoms with E-state index in [4.69, 9.17) is 10.8 Å². The number of amides is 1. The summed E-state index contributed by atoms with van der Waals surface area (Å²) in [4.78, 5) is 21.8. The predicted molar refractivity (Wildman–Crippen MR) is 55.2 cm³/mol. The molecule has 1 aliphatic carbocycles. The number of rotatable bonds is 5. The maximum atomic E-state index is 11.5. The molecule has 86 valence electrons. The third-order valence-corrected chi connectivity index (χ3v) is 2.75. The van der Waals surface area contributed by atoms with Crippen molar-refractivity contribution in [1.82, 2.24) is 5.32 Å². The number of carbonyl (C=O) groups is 2. The van der Waals surface area contributed by atoms with E-state index in [0.717, 1.165) is 19.3 Å². The molecule has 5 nitrogen and oxygen atoms in total. The van der Waals surface area contributed by atoms with Crippen molar-refractivity contribution in [3.05, 3.63) is 0 Å². The van der Waals surface area contributed by atoms with Crippen LogP contribution >= 0.6 is 0 Å². The van der Waals surface area contributed by atoms with Crippen LogP contribution in [-0.4, -0.2) is 28.6 Å². The molecule has 1 saturated carbocycles. The number of nitrogens with two attached hydrogens (primary N) is 1. The molecule has 0 bridgehead atoms. The average molecular weight is 214 g/mol. The molecule has 1 rings (SSSR count). The molecule has 15 heavy (non-hydrogen) atoms. The lowest BCUT2D eigenvalue weighted by atomic mass is 9.75. The summed E-state index contributed by atoms with van der Waals surface area (Å²) in [7, 11) is 0. The van der Waals surface area contributed by atoms with Gasteiger partial charge in [-0.2, -0.15) is 0 Å². The molecule has 0 aromatic heterocycles. The van der Waals surface area contributed by atoms with Crippen molar-refractivity contribution in [1.29, 1.82) is 0 Å². The van der Waals surface area contributed by atoms with Crippen molar-refractivity contribution in [2.45, 2.75) is 50.6 Å². The van der Waals surface area contributed by atoms with Gasteiger partial charge in [-0.15, -0.1) is 0 Å². The molecule has 0 aromatic rings. The van der Waals surface area contributed by atoms with E-state index < -0.39 is 5.97 Å². The normalized spacial score (nSPS) is 20.1. The first kappa shape index (κ1) is 12.0. The van der Waals surface area contributed by atoms with Crippen LogP contribution in [0.1, 0.15) is 39.0 Å². The Labute approximate surface area is 89.0 Å². The number of carboxylic acids is 1. The molecule has 0 heterocycles. The van der Waals surface area contributed by atoms with E-state index >= 15 is 0 Å². The van der Waals surface area contributed by atoms with E-state index in [2.05, 4.69) is 5.32 Å². The Kier molecular flexibility index (Phi) is 3.68. The number of carbonyl (C=O) groups excluding carboxylic acids is 1. The van der Waals surface area contributed by atoms with Crippen molar-refractivity contribution in [3.8, 4) is 0 Å². The van der Waals surface area contributed by atoms with Gasteiger partial charge in [-0.3, -0.25) is 9.59 Å². The number of nitrogens with one attached hydrogen (secondary N) is 1. The minimum Gasteiger partial charge on any atom is -0.481 e. The fourth-order valence-electron chi connectivity index (χ4n) is 1.77. The van der Waals surface area contributed by atoms with Gasteiger partial charge in [0, 0.05) is 18.0 Å². The summed E-state index contributed by atoms with van der Waals surface area (Å²) in [6.07, 6.45) is 3.09. The lowest BCUT2D eigenvalue weighted by molar-refractivity contribution is -0.137. The summed E-state index contributed by atoms with van der Waals surface area (Å²) >= 11 is 0. The van der Waals surface area contributed by atoms with Gasteiger partial charge in [0.1, 0.15) is 0 Å². The Morgan fingerprint density at radius 3 is 2.53 bits per heavy atom. The SMILES string of the molecule is CC(CC(=O)O)NC(=O)CC1(N)CCC1. The van der Waals surface area contributed by atoms with Gasteiger partial charge in [0.05, 0.1) is 6.42 Å². The van der Waals surface area contributed by atoms with Gasteiger partial charge in [0.15, 0.2) is 0 Å². The molecule has 4 N–H and O–H groups in total. The highest BCUT2D eigenvalue weighted by atomic mass is 16.4. The summed E-state index contributed by atoms with van der Waals surface area (Å²) in [5.41, 5.74) is 5.56. The predicted octanol–water partition coefficient (Wildman–Crippen LogP) is 0.237. The zero-order chi connectivity index (χ0) is 11.5. The van der Waals surface area contributed by atoms with Gasteiger partial charge >= 0.3 is 5.97 Å². The molecule has 0 aromatic carbocycles. The summed E-state index contributed by atoms with van der Waals surface area (Å²) in [6.45, 7) is 1.68. The van der Waals surface area contributed by atoms with Gasteiger partial charge in [-0.25, -0.2) is 0 Å². The smallest absolute Gasteiger partial charge is 0.305 e. The first-order chi connectivity index (χ1) is 6.91. The molecule has 0 spiro atoms. The van der Waals surface area contributed by atoms with Crippen molar-refractivity contribution in [3.63, 3.8) is 0 Å². The first-order valence-corrected chi connectivity index (χ1v) is 5.21. The second-order valence-corrected chi connectivity index (χ2v) is 4.46. The maximum absolute atomic E-state index is 11.5. The van der Waals surface area contributed by atoms with Crippen LogP contribution < -0.4 is 11.1 Å². The zero-order valence-electron chi connectivity index (χ0n) is 8.95. The van der Waals surface area contributed by atoms with E-state index in [-0.39, 0.29) is 23.9 Å². The average Bonchev–Trinajstić information content (AvgIpc) is 1.98. The lowest BCUT2D eigenvalue weighted by Gasteiger charge is -2.37. The quantitative estimate of drug-likeness (QED) is 0.611. The maximum Gasteiger partial charge on any atom is 0.305 e. The highest BCUT2D eigenvalue weighted by Gasteiger charge is 2.34. The fraction of sp³-hybridized carbons (Fsp3) is 0.800. The molecule has 1 atom stereocenters. The molecular formula is C10H18N2O3. The van der Waals surface area contributed by atoms with E-state index in [1.165, 1.54) is 0 Å². The first-order valence-electron chi connectivity index (χ1n) is 5.21. The Morgan fingerprint density at radius 1 is 1.53 bits per heavy atom. The number of hydrogen-bond donors (Lipinski definition) is 3. The van der Waals surface area contributed by atoms with Crippen LogP contribution in [0.25, 0.3) is 0 Å².